The number of alkyl carbamates (subject to hydrolysis) is 1. The van der Waals surface area contributed by atoms with E-state index < -0.39 is 46.4 Å². The third-order valence-electron chi connectivity index (χ3n) is 10.3. The summed E-state index contributed by atoms with van der Waals surface area (Å²) in [6.07, 6.45) is 3.00. The van der Waals surface area contributed by atoms with Crippen LogP contribution in [-0.4, -0.2) is 128 Å². The molecular formula is C60H119N9O11. The number of rotatable bonds is 28. The maximum Gasteiger partial charge on any atom is 0.407 e. The maximum atomic E-state index is 12.6. The minimum Gasteiger partial charge on any atom is -0.444 e. The summed E-state index contributed by atoms with van der Waals surface area (Å²) in [6, 6.07) is -1.02. The molecule has 11 N–H and O–H groups in total. The zero-order valence-electron chi connectivity index (χ0n) is 54.7. The van der Waals surface area contributed by atoms with Crippen LogP contribution in [-0.2, 0) is 47.9 Å². The van der Waals surface area contributed by atoms with Crippen LogP contribution >= 0.6 is 0 Å². The molecule has 0 aliphatic rings. The number of ether oxygens (including phenoxy) is 1. The highest BCUT2D eigenvalue weighted by Gasteiger charge is 2.33. The predicted molar refractivity (Wildman–Crippen MR) is 323 cm³/mol. The summed E-state index contributed by atoms with van der Waals surface area (Å²) in [5.41, 5.74) is 10.1. The molecule has 0 aromatic heterocycles. The quantitative estimate of drug-likeness (QED) is 0.0353. The highest BCUT2D eigenvalue weighted by molar-refractivity contribution is 5.93. The molecule has 0 fully saturated rings. The summed E-state index contributed by atoms with van der Waals surface area (Å²) < 4.78 is 5.05. The fourth-order valence-corrected chi connectivity index (χ4v) is 6.46. The number of hydrogen-bond acceptors (Lipinski definition) is 14. The molecule has 6 amide bonds. The first-order valence-corrected chi connectivity index (χ1v) is 28.8. The van der Waals surface area contributed by atoms with E-state index in [9.17, 15) is 47.9 Å². The van der Waals surface area contributed by atoms with E-state index in [0.717, 1.165) is 11.8 Å². The van der Waals surface area contributed by atoms with E-state index in [-0.39, 0.29) is 110 Å². The van der Waals surface area contributed by atoms with Crippen LogP contribution in [0.4, 0.5) is 4.79 Å². The van der Waals surface area contributed by atoms with Crippen molar-refractivity contribution < 1.29 is 52.7 Å². The molecule has 0 aromatic carbocycles. The van der Waals surface area contributed by atoms with Gasteiger partial charge in [-0.3, -0.25) is 43.2 Å². The number of ketones is 4. The summed E-state index contributed by atoms with van der Waals surface area (Å²) >= 11 is 0. The number of nitrogens with two attached hydrogens (primary N) is 2. The standard InChI is InChI=1S/C18H34N2O3.C17H33N5O5.C17H32N2O3.2C4H10/c1-12(2)10-15(19)16(22)11-14(17(23)18(4,5)6)8-7-9-20-13(3)21;1-16(2,3)22-11-14(25)21-10-13(24)20-9-12(23)18-7-8-19-15(26)27-17(4,5)6;1-11(2)15(18)14(21)10-13(16(22)17(4,5)6)8-7-9-19-12(3)20;2*1-4(2)3/h12,14-15H,7-11,19H2,1-6H3,(H,20,21);22H,7-11H2,1-6H3,(H,18,23)(H,19,26)(H,20,24)(H,21,25);11,13,15H,7-10,18H2,1-6H3,(H,19,20);2*4H,1-3H3. The van der Waals surface area contributed by atoms with Gasteiger partial charge in [-0.05, 0) is 97.3 Å². The number of carbonyl (C=O) groups excluding carboxylic acids is 10. The van der Waals surface area contributed by atoms with Crippen LogP contribution in [0, 0.1) is 46.3 Å². The van der Waals surface area contributed by atoms with Crippen molar-refractivity contribution in [2.45, 2.75) is 234 Å². The van der Waals surface area contributed by atoms with Crippen molar-refractivity contribution in [3.8, 4) is 0 Å². The summed E-state index contributed by atoms with van der Waals surface area (Å²) in [5.74, 6) is 0.149. The molecule has 0 saturated carbocycles. The van der Waals surface area contributed by atoms with Crippen LogP contribution in [0.1, 0.15) is 211 Å². The number of Topliss-reactive ketones (excluding diaryl/α,β-unsaturated/α-hetero) is 4. The van der Waals surface area contributed by atoms with Gasteiger partial charge in [-0.2, -0.15) is 0 Å². The minimum atomic E-state index is -0.587. The third kappa shape index (κ3) is 57.9. The first-order valence-electron chi connectivity index (χ1n) is 28.8. The van der Waals surface area contributed by atoms with Gasteiger partial charge in [-0.15, -0.1) is 0 Å². The Bertz CT molecular complexity index is 1810. The summed E-state index contributed by atoms with van der Waals surface area (Å²) in [5, 5.41) is 18.3. The van der Waals surface area contributed by atoms with Gasteiger partial charge in [-0.25, -0.2) is 4.79 Å². The molecule has 0 spiro atoms. The molecule has 0 radical (unpaired) electrons. The van der Waals surface area contributed by atoms with Crippen molar-refractivity contribution in [1.82, 2.24) is 37.2 Å². The lowest BCUT2D eigenvalue weighted by atomic mass is 9.78. The van der Waals surface area contributed by atoms with Gasteiger partial charge < -0.3 is 53.4 Å². The predicted octanol–water partition coefficient (Wildman–Crippen LogP) is 7.12. The van der Waals surface area contributed by atoms with Crippen molar-refractivity contribution in [2.75, 3.05) is 45.8 Å². The van der Waals surface area contributed by atoms with Crippen molar-refractivity contribution in [3.05, 3.63) is 0 Å². The molecule has 0 heterocycles. The van der Waals surface area contributed by atoms with Gasteiger partial charge in [0.05, 0.1) is 31.7 Å². The molecule has 80 heavy (non-hydrogen) atoms. The van der Waals surface area contributed by atoms with Crippen LogP contribution < -0.4 is 48.7 Å². The average Bonchev–Trinajstić information content (AvgIpc) is 3.27. The molecular weight excluding hydrogens is 1020 g/mol. The van der Waals surface area contributed by atoms with Crippen LogP contribution in [0.3, 0.4) is 0 Å². The molecule has 0 rings (SSSR count). The topological polar surface area (TPSA) is 316 Å². The second kappa shape index (κ2) is 43.9. The molecule has 0 aliphatic heterocycles. The average molecular weight is 1140 g/mol. The minimum absolute atomic E-state index is 0.0409. The molecule has 0 aromatic rings. The fraction of sp³-hybridized carbons (Fsp3) is 0.833. The third-order valence-corrected chi connectivity index (χ3v) is 10.3. The smallest absolute Gasteiger partial charge is 0.407 e. The monoisotopic (exact) mass is 1140 g/mol. The van der Waals surface area contributed by atoms with Gasteiger partial charge >= 0.3 is 6.09 Å². The second-order valence-electron chi connectivity index (χ2n) is 26.6. The van der Waals surface area contributed by atoms with Crippen LogP contribution in [0.5, 0.6) is 0 Å². The Kier molecular flexibility index (Phi) is 46.0. The summed E-state index contributed by atoms with van der Waals surface area (Å²) in [4.78, 5) is 118. The van der Waals surface area contributed by atoms with E-state index in [0.29, 0.717) is 51.1 Å². The highest BCUT2D eigenvalue weighted by Crippen LogP contribution is 2.28. The molecule has 0 aliphatic carbocycles. The SMILES string of the molecule is CC(=O)NCCCC(CC(=O)C(N)C(C)C)C(=O)C(C)(C)C.CC(=O)NCCCC(CC(=O)C(N)CC(C)C)C(=O)C(C)(C)C.CC(C)(C)NCC(=O)NCC(=O)NCC(=O)NCCNC(=O)OC(C)(C)C.CC(C)C.CC(C)C. The number of hydrogen-bond donors (Lipinski definition) is 9. The van der Waals surface area contributed by atoms with Crippen LogP contribution in [0.2, 0.25) is 0 Å². The molecule has 0 bridgehead atoms. The van der Waals surface area contributed by atoms with E-state index in [1.807, 2.05) is 90.0 Å². The fourth-order valence-electron chi connectivity index (χ4n) is 6.46. The first kappa shape index (κ1) is 84.0. The van der Waals surface area contributed by atoms with E-state index in [4.69, 9.17) is 16.2 Å². The van der Waals surface area contributed by atoms with Crippen LogP contribution in [0.25, 0.3) is 0 Å². The summed E-state index contributed by atoms with van der Waals surface area (Å²) in [6.45, 7) is 47.1. The highest BCUT2D eigenvalue weighted by atomic mass is 16.6. The van der Waals surface area contributed by atoms with Gasteiger partial charge in [0.15, 0.2) is 5.78 Å². The van der Waals surface area contributed by atoms with Crippen molar-refractivity contribution in [1.29, 1.82) is 0 Å². The van der Waals surface area contributed by atoms with Gasteiger partial charge in [0.2, 0.25) is 29.5 Å². The lowest BCUT2D eigenvalue weighted by Gasteiger charge is -2.25. The van der Waals surface area contributed by atoms with Crippen molar-refractivity contribution in [3.63, 3.8) is 0 Å². The lowest BCUT2D eigenvalue weighted by molar-refractivity contribution is -0.134. The molecule has 4 unspecified atom stereocenters. The Morgan fingerprint density at radius 2 is 0.812 bits per heavy atom. The Labute approximate surface area is 485 Å². The van der Waals surface area contributed by atoms with Crippen LogP contribution in [0.15, 0.2) is 0 Å². The molecule has 20 heteroatoms. The van der Waals surface area contributed by atoms with E-state index in [2.05, 4.69) is 78.8 Å². The molecule has 470 valence electrons. The first-order chi connectivity index (χ1) is 36.2. The van der Waals surface area contributed by atoms with Gasteiger partial charge in [0.25, 0.3) is 0 Å². The summed E-state index contributed by atoms with van der Waals surface area (Å²) in [7, 11) is 0. The molecule has 20 nitrogen and oxygen atoms in total. The maximum absolute atomic E-state index is 12.6. The Morgan fingerprint density at radius 1 is 0.463 bits per heavy atom. The Morgan fingerprint density at radius 3 is 1.14 bits per heavy atom. The largest absolute Gasteiger partial charge is 0.444 e. The van der Waals surface area contributed by atoms with E-state index in [1.54, 1.807) is 20.8 Å². The molecule has 4 atom stereocenters. The number of amides is 6. The second-order valence-corrected chi connectivity index (χ2v) is 26.6. The van der Waals surface area contributed by atoms with Gasteiger partial charge in [0.1, 0.15) is 23.0 Å². The van der Waals surface area contributed by atoms with E-state index in [1.165, 1.54) is 13.8 Å². The molecule has 0 saturated heterocycles. The zero-order chi connectivity index (χ0) is 63.9. The number of carbonyl (C=O) groups is 10. The Balaban J connectivity index is -0.000000329. The van der Waals surface area contributed by atoms with E-state index >= 15 is 0 Å². The lowest BCUT2D eigenvalue weighted by Crippen LogP contribution is -2.47. The van der Waals surface area contributed by atoms with Crippen molar-refractivity contribution >= 4 is 58.8 Å². The zero-order valence-corrected chi connectivity index (χ0v) is 54.7. The van der Waals surface area contributed by atoms with Gasteiger partial charge in [0, 0.05) is 81.1 Å². The normalized spacial score (nSPS) is 12.9. The Hall–Kier alpha value is -4.82. The van der Waals surface area contributed by atoms with Gasteiger partial charge in [-0.1, -0.05) is 111 Å². The van der Waals surface area contributed by atoms with Crippen molar-refractivity contribution in [2.24, 2.45) is 57.8 Å². The number of nitrogens with one attached hydrogen (secondary N) is 7.